The van der Waals surface area contributed by atoms with Crippen LogP contribution in [0.2, 0.25) is 0 Å². The second-order valence-corrected chi connectivity index (χ2v) is 7.35. The van der Waals surface area contributed by atoms with E-state index in [1.807, 2.05) is 23.9 Å². The van der Waals surface area contributed by atoms with Crippen LogP contribution >= 0.6 is 11.8 Å². The molecular formula is C15H20N2OS. The smallest absolute Gasteiger partial charge is 0.251 e. The zero-order chi connectivity index (χ0) is 13.3. The highest BCUT2D eigenvalue weighted by molar-refractivity contribution is 8.00. The fraction of sp³-hybridized carbons (Fsp3) is 0.533. The topological polar surface area (TPSA) is 41.1 Å². The summed E-state index contributed by atoms with van der Waals surface area (Å²) >= 11 is 1.98. The van der Waals surface area contributed by atoms with Gasteiger partial charge in [-0.2, -0.15) is 11.8 Å². The zero-order valence-electron chi connectivity index (χ0n) is 11.3. The normalized spacial score (nSPS) is 25.3. The first kappa shape index (κ1) is 13.0. The highest BCUT2D eigenvalue weighted by Crippen LogP contribution is 2.37. The molecule has 0 aromatic heterocycles. The van der Waals surface area contributed by atoms with Crippen LogP contribution in [0.5, 0.6) is 0 Å². The van der Waals surface area contributed by atoms with E-state index < -0.39 is 0 Å². The Hall–Kier alpha value is -1.00. The maximum atomic E-state index is 12.2. The molecule has 1 atom stereocenters. The number of carbonyl (C=O) groups is 1. The van der Waals surface area contributed by atoms with Gasteiger partial charge in [0.2, 0.25) is 0 Å². The van der Waals surface area contributed by atoms with Crippen LogP contribution in [0.3, 0.4) is 0 Å². The molecule has 3 nitrogen and oxygen atoms in total. The summed E-state index contributed by atoms with van der Waals surface area (Å²) in [4.78, 5) is 12.2. The molecule has 0 spiro atoms. The van der Waals surface area contributed by atoms with Crippen molar-refractivity contribution in [2.75, 3.05) is 12.3 Å². The minimum Gasteiger partial charge on any atom is -0.351 e. The molecule has 1 aromatic carbocycles. The molecule has 0 aliphatic carbocycles. The Morgan fingerprint density at radius 2 is 2.26 bits per heavy atom. The highest BCUT2D eigenvalue weighted by atomic mass is 32.2. The van der Waals surface area contributed by atoms with E-state index in [4.69, 9.17) is 0 Å². The van der Waals surface area contributed by atoms with Crippen LogP contribution in [0.25, 0.3) is 0 Å². The molecule has 1 saturated heterocycles. The Labute approximate surface area is 118 Å². The molecule has 2 heterocycles. The molecular weight excluding hydrogens is 256 g/mol. The minimum atomic E-state index is 0.0587. The molecule has 3 rings (SSSR count). The van der Waals surface area contributed by atoms with Crippen LogP contribution in [0, 0.1) is 0 Å². The predicted molar refractivity (Wildman–Crippen MR) is 79.4 cm³/mol. The molecule has 1 aromatic rings. The SMILES string of the molecule is CC1(CNC(=O)c2ccc3c(c2)CNC3)CCCS1. The number of benzene rings is 1. The van der Waals surface area contributed by atoms with Gasteiger partial charge in [0, 0.05) is 29.9 Å². The highest BCUT2D eigenvalue weighted by Gasteiger charge is 2.29. The molecule has 1 unspecified atom stereocenters. The van der Waals surface area contributed by atoms with Gasteiger partial charge in [-0.15, -0.1) is 0 Å². The van der Waals surface area contributed by atoms with E-state index in [0.29, 0.717) is 0 Å². The number of hydrogen-bond acceptors (Lipinski definition) is 3. The van der Waals surface area contributed by atoms with E-state index in [9.17, 15) is 4.79 Å². The molecule has 0 radical (unpaired) electrons. The van der Waals surface area contributed by atoms with Gasteiger partial charge >= 0.3 is 0 Å². The standard InChI is InChI=1S/C15H20N2OS/c1-15(5-2-6-19-15)10-17-14(18)11-3-4-12-8-16-9-13(12)7-11/h3-4,7,16H,2,5-6,8-10H2,1H3,(H,17,18). The van der Waals surface area contributed by atoms with Gasteiger partial charge in [0.1, 0.15) is 0 Å². The summed E-state index contributed by atoms with van der Waals surface area (Å²) in [7, 11) is 0. The number of hydrogen-bond donors (Lipinski definition) is 2. The van der Waals surface area contributed by atoms with Crippen LogP contribution in [-0.4, -0.2) is 23.0 Å². The predicted octanol–water partition coefficient (Wildman–Crippen LogP) is 2.31. The molecule has 2 aliphatic heterocycles. The van der Waals surface area contributed by atoms with Crippen molar-refractivity contribution in [3.8, 4) is 0 Å². The summed E-state index contributed by atoms with van der Waals surface area (Å²) < 4.78 is 0.230. The molecule has 2 aliphatic rings. The Bertz CT molecular complexity index is 495. The lowest BCUT2D eigenvalue weighted by Gasteiger charge is -2.22. The summed E-state index contributed by atoms with van der Waals surface area (Å²) in [5, 5.41) is 6.39. The molecule has 102 valence electrons. The van der Waals surface area contributed by atoms with E-state index in [2.05, 4.69) is 23.6 Å². The summed E-state index contributed by atoms with van der Waals surface area (Å²) in [5.74, 6) is 1.28. The minimum absolute atomic E-state index is 0.0587. The number of carbonyl (C=O) groups excluding carboxylic acids is 1. The number of rotatable bonds is 3. The lowest BCUT2D eigenvalue weighted by Crippen LogP contribution is -2.36. The first-order chi connectivity index (χ1) is 9.16. The molecule has 1 amide bonds. The van der Waals surface area contributed by atoms with Crippen molar-refractivity contribution in [3.63, 3.8) is 0 Å². The number of fused-ring (bicyclic) bond motifs is 1. The second-order valence-electron chi connectivity index (χ2n) is 5.67. The van der Waals surface area contributed by atoms with Crippen molar-refractivity contribution in [3.05, 3.63) is 34.9 Å². The van der Waals surface area contributed by atoms with Gasteiger partial charge in [-0.05, 0) is 48.8 Å². The molecule has 1 fully saturated rings. The molecule has 19 heavy (non-hydrogen) atoms. The third-order valence-electron chi connectivity index (χ3n) is 4.02. The van der Waals surface area contributed by atoms with Gasteiger partial charge in [-0.25, -0.2) is 0 Å². The van der Waals surface area contributed by atoms with Gasteiger partial charge in [-0.1, -0.05) is 6.07 Å². The van der Waals surface area contributed by atoms with Crippen molar-refractivity contribution < 1.29 is 4.79 Å². The van der Waals surface area contributed by atoms with Crippen LogP contribution in [0.1, 0.15) is 41.3 Å². The monoisotopic (exact) mass is 276 g/mol. The quantitative estimate of drug-likeness (QED) is 0.890. The first-order valence-corrected chi connectivity index (χ1v) is 7.90. The molecule has 0 saturated carbocycles. The fourth-order valence-electron chi connectivity index (χ4n) is 2.78. The van der Waals surface area contributed by atoms with Gasteiger partial charge in [0.05, 0.1) is 0 Å². The zero-order valence-corrected chi connectivity index (χ0v) is 12.1. The van der Waals surface area contributed by atoms with E-state index in [-0.39, 0.29) is 10.7 Å². The van der Waals surface area contributed by atoms with E-state index >= 15 is 0 Å². The summed E-state index contributed by atoms with van der Waals surface area (Å²) in [6.45, 7) is 4.82. The van der Waals surface area contributed by atoms with Crippen LogP contribution in [-0.2, 0) is 13.1 Å². The number of amides is 1. The fourth-order valence-corrected chi connectivity index (χ4v) is 4.03. The summed E-state index contributed by atoms with van der Waals surface area (Å²) in [6, 6.07) is 6.02. The van der Waals surface area contributed by atoms with E-state index in [1.165, 1.54) is 29.7 Å². The van der Waals surface area contributed by atoms with E-state index in [1.54, 1.807) is 0 Å². The third-order valence-corrected chi connectivity index (χ3v) is 5.56. The summed E-state index contributed by atoms with van der Waals surface area (Å²) in [5.41, 5.74) is 3.36. The summed E-state index contributed by atoms with van der Waals surface area (Å²) in [6.07, 6.45) is 2.47. The van der Waals surface area contributed by atoms with Crippen LogP contribution in [0.4, 0.5) is 0 Å². The van der Waals surface area contributed by atoms with E-state index in [0.717, 1.165) is 25.2 Å². The molecule has 0 bridgehead atoms. The average molecular weight is 276 g/mol. The van der Waals surface area contributed by atoms with Gasteiger partial charge in [0.25, 0.3) is 5.91 Å². The Kier molecular flexibility index (Phi) is 3.54. The van der Waals surface area contributed by atoms with Crippen molar-refractivity contribution in [1.29, 1.82) is 0 Å². The number of nitrogens with one attached hydrogen (secondary N) is 2. The van der Waals surface area contributed by atoms with Crippen molar-refractivity contribution in [2.45, 2.75) is 37.6 Å². The van der Waals surface area contributed by atoms with Gasteiger partial charge in [-0.3, -0.25) is 4.79 Å². The lowest BCUT2D eigenvalue weighted by molar-refractivity contribution is 0.0950. The average Bonchev–Trinajstić information content (AvgIpc) is 3.04. The first-order valence-electron chi connectivity index (χ1n) is 6.91. The Morgan fingerprint density at radius 1 is 1.42 bits per heavy atom. The largest absolute Gasteiger partial charge is 0.351 e. The van der Waals surface area contributed by atoms with Crippen molar-refractivity contribution >= 4 is 17.7 Å². The van der Waals surface area contributed by atoms with Crippen LogP contribution in [0.15, 0.2) is 18.2 Å². The van der Waals surface area contributed by atoms with Crippen LogP contribution < -0.4 is 10.6 Å². The lowest BCUT2D eigenvalue weighted by atomic mass is 10.0. The Balaban J connectivity index is 1.64. The van der Waals surface area contributed by atoms with Gasteiger partial charge in [0.15, 0.2) is 0 Å². The second kappa shape index (κ2) is 5.17. The maximum Gasteiger partial charge on any atom is 0.251 e. The Morgan fingerprint density at radius 3 is 3.05 bits per heavy atom. The van der Waals surface area contributed by atoms with Crippen molar-refractivity contribution in [1.82, 2.24) is 10.6 Å². The third kappa shape index (κ3) is 2.79. The maximum absolute atomic E-state index is 12.2. The number of thioether (sulfide) groups is 1. The van der Waals surface area contributed by atoms with Crippen molar-refractivity contribution in [2.24, 2.45) is 0 Å². The van der Waals surface area contributed by atoms with Gasteiger partial charge < -0.3 is 10.6 Å². The molecule has 4 heteroatoms. The molecule has 2 N–H and O–H groups in total.